The molecule has 0 aliphatic rings. The molecule has 0 aliphatic heterocycles. The summed E-state index contributed by atoms with van der Waals surface area (Å²) in [6.45, 7) is 0. The molecule has 0 aromatic heterocycles. The van der Waals surface area contributed by atoms with Crippen LogP contribution in [0.25, 0.3) is 0 Å². The average molecular weight is 175 g/mol. The second-order valence-electron chi connectivity index (χ2n) is 1.81. The fourth-order valence-corrected chi connectivity index (χ4v) is 1.14. The molecule has 3 N–H and O–H groups in total. The highest BCUT2D eigenvalue weighted by molar-refractivity contribution is 7.80. The predicted octanol–water partition coefficient (Wildman–Crippen LogP) is 1.91. The van der Waals surface area contributed by atoms with E-state index >= 15 is 0 Å². The number of hydrazine groups is 1. The maximum absolute atomic E-state index is 5.74. The van der Waals surface area contributed by atoms with Crippen molar-refractivity contribution < 1.29 is 0 Å². The summed E-state index contributed by atoms with van der Waals surface area (Å²) in [6.07, 6.45) is 0. The first-order chi connectivity index (χ1) is 4.74. The second-order valence-corrected chi connectivity index (χ2v) is 2.73. The molecule has 0 amide bonds. The van der Waals surface area contributed by atoms with Crippen LogP contribution >= 0.6 is 24.2 Å². The molecule has 0 aliphatic carbocycles. The summed E-state index contributed by atoms with van der Waals surface area (Å²) < 4.78 is 0. The van der Waals surface area contributed by atoms with Crippen molar-refractivity contribution in [2.75, 3.05) is 5.43 Å². The Bertz CT molecular complexity index is 239. The number of nitrogen functional groups attached to an aromatic ring is 1. The third-order valence-corrected chi connectivity index (χ3v) is 1.70. The summed E-state index contributed by atoms with van der Waals surface area (Å²) in [5.41, 5.74) is 3.16. The minimum atomic E-state index is 0.579. The van der Waals surface area contributed by atoms with Crippen molar-refractivity contribution in [3.8, 4) is 0 Å². The van der Waals surface area contributed by atoms with E-state index in [2.05, 4.69) is 18.1 Å². The van der Waals surface area contributed by atoms with Gasteiger partial charge in [0.15, 0.2) is 0 Å². The van der Waals surface area contributed by atoms with E-state index in [1.807, 2.05) is 6.07 Å². The van der Waals surface area contributed by atoms with Gasteiger partial charge in [-0.05, 0) is 18.2 Å². The molecule has 0 bridgehead atoms. The van der Waals surface area contributed by atoms with Gasteiger partial charge in [0.1, 0.15) is 0 Å². The van der Waals surface area contributed by atoms with Crippen LogP contribution in [0.5, 0.6) is 0 Å². The molecule has 2 nitrogen and oxygen atoms in total. The van der Waals surface area contributed by atoms with Crippen LogP contribution < -0.4 is 11.3 Å². The number of benzene rings is 1. The van der Waals surface area contributed by atoms with Gasteiger partial charge < -0.3 is 5.43 Å². The maximum atomic E-state index is 5.74. The first-order valence-corrected chi connectivity index (χ1v) is 3.51. The van der Waals surface area contributed by atoms with E-state index in [-0.39, 0.29) is 0 Å². The number of hydrogen-bond acceptors (Lipinski definition) is 3. The maximum Gasteiger partial charge on any atom is 0.0672 e. The van der Waals surface area contributed by atoms with Crippen LogP contribution in [0.4, 0.5) is 5.69 Å². The van der Waals surface area contributed by atoms with Gasteiger partial charge in [-0.2, -0.15) is 0 Å². The Hall–Kier alpha value is -0.380. The zero-order chi connectivity index (χ0) is 7.56. The Kier molecular flexibility index (Phi) is 2.43. The molecule has 54 valence electrons. The molecule has 0 saturated heterocycles. The van der Waals surface area contributed by atoms with Crippen molar-refractivity contribution in [3.05, 3.63) is 23.2 Å². The summed E-state index contributed by atoms with van der Waals surface area (Å²) in [6, 6.07) is 5.30. The van der Waals surface area contributed by atoms with Crippen LogP contribution in [-0.2, 0) is 0 Å². The third kappa shape index (κ3) is 1.56. The van der Waals surface area contributed by atoms with Gasteiger partial charge in [0.05, 0.1) is 10.7 Å². The lowest BCUT2D eigenvalue weighted by molar-refractivity contribution is 1.33. The van der Waals surface area contributed by atoms with E-state index in [1.165, 1.54) is 0 Å². The molecule has 0 atom stereocenters. The Morgan fingerprint density at radius 1 is 1.50 bits per heavy atom. The van der Waals surface area contributed by atoms with Gasteiger partial charge >= 0.3 is 0 Å². The van der Waals surface area contributed by atoms with Crippen molar-refractivity contribution in [1.82, 2.24) is 0 Å². The third-order valence-electron chi connectivity index (χ3n) is 1.11. The van der Waals surface area contributed by atoms with E-state index in [1.54, 1.807) is 12.1 Å². The number of nitrogens with one attached hydrogen (secondary N) is 1. The molecule has 0 heterocycles. The highest BCUT2D eigenvalue weighted by Gasteiger charge is 1.95. The smallest absolute Gasteiger partial charge is 0.0672 e. The van der Waals surface area contributed by atoms with Gasteiger partial charge in [-0.15, -0.1) is 12.6 Å². The summed E-state index contributed by atoms with van der Waals surface area (Å²) in [5, 5.41) is 0.579. The number of hydrogen-bond donors (Lipinski definition) is 3. The number of thiol groups is 1. The number of anilines is 1. The molecule has 10 heavy (non-hydrogen) atoms. The summed E-state index contributed by atoms with van der Waals surface area (Å²) >= 11 is 9.83. The van der Waals surface area contributed by atoms with Crippen LogP contribution in [0.2, 0.25) is 5.02 Å². The van der Waals surface area contributed by atoms with Gasteiger partial charge in [-0.3, -0.25) is 5.84 Å². The van der Waals surface area contributed by atoms with Gasteiger partial charge in [-0.25, -0.2) is 0 Å². The molecule has 4 heteroatoms. The molecule has 1 aromatic carbocycles. The van der Waals surface area contributed by atoms with E-state index in [0.29, 0.717) is 10.7 Å². The fraction of sp³-hybridized carbons (Fsp3) is 0. The van der Waals surface area contributed by atoms with Crippen LogP contribution in [0.3, 0.4) is 0 Å². The SMILES string of the molecule is NNc1ccc(S)cc1Cl. The van der Waals surface area contributed by atoms with E-state index in [4.69, 9.17) is 17.4 Å². The normalized spacial score (nSPS) is 9.50. The molecular weight excluding hydrogens is 168 g/mol. The van der Waals surface area contributed by atoms with E-state index < -0.39 is 0 Å². The largest absolute Gasteiger partial charge is 0.323 e. The van der Waals surface area contributed by atoms with E-state index in [0.717, 1.165) is 4.90 Å². The van der Waals surface area contributed by atoms with E-state index in [9.17, 15) is 0 Å². The van der Waals surface area contributed by atoms with Crippen LogP contribution in [0.15, 0.2) is 23.1 Å². The lowest BCUT2D eigenvalue weighted by atomic mass is 10.3. The van der Waals surface area contributed by atoms with Crippen LogP contribution in [0, 0.1) is 0 Å². The standard InChI is InChI=1S/C6H7ClN2S/c7-5-3-4(10)1-2-6(5)9-8/h1-3,9-10H,8H2. The highest BCUT2D eigenvalue weighted by Crippen LogP contribution is 2.23. The molecule has 0 unspecified atom stereocenters. The first-order valence-electron chi connectivity index (χ1n) is 2.69. The Morgan fingerprint density at radius 3 is 2.70 bits per heavy atom. The zero-order valence-electron chi connectivity index (χ0n) is 5.13. The molecule has 0 radical (unpaired) electrons. The first kappa shape index (κ1) is 7.72. The Morgan fingerprint density at radius 2 is 2.20 bits per heavy atom. The van der Waals surface area contributed by atoms with Crippen molar-refractivity contribution >= 4 is 29.9 Å². The minimum absolute atomic E-state index is 0.579. The molecule has 1 aromatic rings. The summed E-state index contributed by atoms with van der Waals surface area (Å²) in [7, 11) is 0. The molecule has 1 rings (SSSR count). The second kappa shape index (κ2) is 3.14. The molecule has 0 saturated carbocycles. The minimum Gasteiger partial charge on any atom is -0.323 e. The predicted molar refractivity (Wildman–Crippen MR) is 46.5 cm³/mol. The highest BCUT2D eigenvalue weighted by atomic mass is 35.5. The van der Waals surface area contributed by atoms with Gasteiger partial charge in [0.25, 0.3) is 0 Å². The Balaban J connectivity index is 3.07. The van der Waals surface area contributed by atoms with Gasteiger partial charge in [-0.1, -0.05) is 11.6 Å². The average Bonchev–Trinajstić information content (AvgIpc) is 1.88. The molecule has 0 spiro atoms. The van der Waals surface area contributed by atoms with Crippen molar-refractivity contribution in [1.29, 1.82) is 0 Å². The molecular formula is C6H7ClN2S. The lowest BCUT2D eigenvalue weighted by Crippen LogP contribution is -2.06. The lowest BCUT2D eigenvalue weighted by Gasteiger charge is -2.01. The van der Waals surface area contributed by atoms with Gasteiger partial charge in [0.2, 0.25) is 0 Å². The number of halogens is 1. The topological polar surface area (TPSA) is 38.0 Å². The zero-order valence-corrected chi connectivity index (χ0v) is 6.78. The van der Waals surface area contributed by atoms with Crippen LogP contribution in [-0.4, -0.2) is 0 Å². The summed E-state index contributed by atoms with van der Waals surface area (Å²) in [5.74, 6) is 5.14. The fourth-order valence-electron chi connectivity index (χ4n) is 0.621. The monoisotopic (exact) mass is 174 g/mol. The van der Waals surface area contributed by atoms with Gasteiger partial charge in [0, 0.05) is 4.90 Å². The quantitative estimate of drug-likeness (QED) is 0.346. The van der Waals surface area contributed by atoms with Crippen LogP contribution in [0.1, 0.15) is 0 Å². The number of rotatable bonds is 1. The number of nitrogens with two attached hydrogens (primary N) is 1. The van der Waals surface area contributed by atoms with Crippen molar-refractivity contribution in [2.45, 2.75) is 4.90 Å². The van der Waals surface area contributed by atoms with Crippen molar-refractivity contribution in [3.63, 3.8) is 0 Å². The Labute approximate surface area is 69.7 Å². The molecule has 0 fully saturated rings. The van der Waals surface area contributed by atoms with Crippen molar-refractivity contribution in [2.24, 2.45) is 5.84 Å². The summed E-state index contributed by atoms with van der Waals surface area (Å²) in [4.78, 5) is 0.823.